The molecule has 3 N–H and O–H groups in total. The Balaban J connectivity index is 2.09. The molecule has 1 aliphatic carbocycles. The van der Waals surface area contributed by atoms with Crippen LogP contribution >= 0.6 is 0 Å². The van der Waals surface area contributed by atoms with Crippen molar-refractivity contribution in [2.75, 3.05) is 19.3 Å². The average Bonchev–Trinajstić information content (AvgIpc) is 2.14. The fourth-order valence-corrected chi connectivity index (χ4v) is 2.39. The highest BCUT2D eigenvalue weighted by molar-refractivity contribution is 7.88. The van der Waals surface area contributed by atoms with Gasteiger partial charge in [-0.05, 0) is 19.4 Å². The first-order valence-electron chi connectivity index (χ1n) is 5.59. The molecule has 5 nitrogen and oxygen atoms in total. The van der Waals surface area contributed by atoms with Gasteiger partial charge in [0.1, 0.15) is 0 Å². The Labute approximate surface area is 97.7 Å². The van der Waals surface area contributed by atoms with E-state index in [0.29, 0.717) is 12.6 Å². The van der Waals surface area contributed by atoms with Crippen LogP contribution in [-0.2, 0) is 10.0 Å². The highest BCUT2D eigenvalue weighted by Gasteiger charge is 2.46. The lowest BCUT2D eigenvalue weighted by molar-refractivity contribution is -0.0722. The molecule has 0 aliphatic heterocycles. The largest absolute Gasteiger partial charge is 0.392 e. The molecule has 0 aromatic heterocycles. The van der Waals surface area contributed by atoms with E-state index < -0.39 is 10.0 Å². The van der Waals surface area contributed by atoms with Crippen molar-refractivity contribution in [2.24, 2.45) is 5.41 Å². The number of aliphatic hydroxyl groups is 1. The topological polar surface area (TPSA) is 78.4 Å². The van der Waals surface area contributed by atoms with E-state index in [1.807, 2.05) is 13.8 Å². The minimum Gasteiger partial charge on any atom is -0.392 e. The van der Waals surface area contributed by atoms with Crippen molar-refractivity contribution in [1.29, 1.82) is 0 Å². The summed E-state index contributed by atoms with van der Waals surface area (Å²) in [6.07, 6.45) is 2.48. The molecule has 16 heavy (non-hydrogen) atoms. The van der Waals surface area contributed by atoms with Gasteiger partial charge in [0.05, 0.1) is 12.4 Å². The third-order valence-corrected chi connectivity index (χ3v) is 4.05. The van der Waals surface area contributed by atoms with Crippen molar-refractivity contribution < 1.29 is 13.5 Å². The van der Waals surface area contributed by atoms with Crippen molar-refractivity contribution in [2.45, 2.75) is 38.8 Å². The molecule has 2 atom stereocenters. The molecule has 0 saturated heterocycles. The van der Waals surface area contributed by atoms with E-state index in [9.17, 15) is 13.5 Å². The highest BCUT2D eigenvalue weighted by Crippen LogP contribution is 2.40. The molecule has 2 unspecified atom stereocenters. The molecule has 1 aliphatic rings. The Hall–Kier alpha value is -0.170. The summed E-state index contributed by atoms with van der Waals surface area (Å²) >= 11 is 0. The summed E-state index contributed by atoms with van der Waals surface area (Å²) in [7, 11) is -3.07. The predicted octanol–water partition coefficient (Wildman–Crippen LogP) is -0.325. The molecule has 0 heterocycles. The average molecular weight is 250 g/mol. The number of nitrogens with one attached hydrogen (secondary N) is 2. The summed E-state index contributed by atoms with van der Waals surface area (Å²) in [6.45, 7) is 5.30. The molecule has 0 spiro atoms. The fraction of sp³-hybridized carbons (Fsp3) is 1.00. The molecule has 0 aromatic rings. The summed E-state index contributed by atoms with van der Waals surface area (Å²) in [6, 6.07) is 0.334. The standard InChI is InChI=1S/C10H22N2O3S/c1-10(2)8(7-9(10)13)11-5-4-6-12-16(3,14)15/h8-9,11-13H,4-7H2,1-3H3. The molecule has 6 heteroatoms. The Bertz CT molecular complexity index is 327. The second kappa shape index (κ2) is 5.00. The van der Waals surface area contributed by atoms with Crippen LogP contribution < -0.4 is 10.0 Å². The van der Waals surface area contributed by atoms with Gasteiger partial charge in [-0.25, -0.2) is 13.1 Å². The summed E-state index contributed by atoms with van der Waals surface area (Å²) in [5.74, 6) is 0. The lowest BCUT2D eigenvalue weighted by Gasteiger charge is -2.49. The predicted molar refractivity (Wildman–Crippen MR) is 63.7 cm³/mol. The van der Waals surface area contributed by atoms with E-state index in [0.717, 1.165) is 25.6 Å². The summed E-state index contributed by atoms with van der Waals surface area (Å²) in [5, 5.41) is 12.9. The van der Waals surface area contributed by atoms with Gasteiger partial charge in [-0.1, -0.05) is 13.8 Å². The van der Waals surface area contributed by atoms with Crippen LogP contribution in [0.1, 0.15) is 26.7 Å². The van der Waals surface area contributed by atoms with E-state index in [4.69, 9.17) is 0 Å². The van der Waals surface area contributed by atoms with E-state index in [1.54, 1.807) is 0 Å². The zero-order valence-electron chi connectivity index (χ0n) is 10.2. The van der Waals surface area contributed by atoms with Gasteiger partial charge in [0.2, 0.25) is 10.0 Å². The van der Waals surface area contributed by atoms with Gasteiger partial charge in [-0.3, -0.25) is 0 Å². The number of hydrogen-bond acceptors (Lipinski definition) is 4. The minimum atomic E-state index is -3.07. The van der Waals surface area contributed by atoms with Crippen molar-refractivity contribution >= 4 is 10.0 Å². The number of hydrogen-bond donors (Lipinski definition) is 3. The van der Waals surface area contributed by atoms with Gasteiger partial charge >= 0.3 is 0 Å². The minimum absolute atomic E-state index is 0.0652. The quantitative estimate of drug-likeness (QED) is 0.564. The maximum Gasteiger partial charge on any atom is 0.208 e. The lowest BCUT2D eigenvalue weighted by atomic mass is 9.64. The van der Waals surface area contributed by atoms with Crippen molar-refractivity contribution in [3.05, 3.63) is 0 Å². The SMILES string of the molecule is CC1(C)C(O)CC1NCCCNS(C)(=O)=O. The van der Waals surface area contributed by atoms with Crippen LogP contribution in [0.4, 0.5) is 0 Å². The van der Waals surface area contributed by atoms with Crippen LogP contribution in [0, 0.1) is 5.41 Å². The first kappa shape index (κ1) is 13.9. The smallest absolute Gasteiger partial charge is 0.208 e. The Morgan fingerprint density at radius 1 is 1.38 bits per heavy atom. The fourth-order valence-electron chi connectivity index (χ4n) is 1.87. The van der Waals surface area contributed by atoms with Gasteiger partial charge in [0.15, 0.2) is 0 Å². The summed E-state index contributed by atoms with van der Waals surface area (Å²) in [4.78, 5) is 0. The molecule has 0 radical (unpaired) electrons. The van der Waals surface area contributed by atoms with Crippen molar-refractivity contribution in [1.82, 2.24) is 10.0 Å². The monoisotopic (exact) mass is 250 g/mol. The van der Waals surface area contributed by atoms with E-state index in [1.165, 1.54) is 0 Å². The van der Waals surface area contributed by atoms with Crippen LogP contribution in [0.2, 0.25) is 0 Å². The molecule has 1 rings (SSSR count). The first-order chi connectivity index (χ1) is 7.23. The Morgan fingerprint density at radius 2 is 2.00 bits per heavy atom. The summed E-state index contributed by atoms with van der Waals surface area (Å²) < 4.78 is 24.0. The zero-order chi connectivity index (χ0) is 12.4. The maximum atomic E-state index is 10.8. The van der Waals surface area contributed by atoms with E-state index in [2.05, 4.69) is 10.0 Å². The van der Waals surface area contributed by atoms with Crippen LogP contribution in [0.25, 0.3) is 0 Å². The Kier molecular flexibility index (Phi) is 4.34. The molecule has 0 bridgehead atoms. The van der Waals surface area contributed by atoms with Gasteiger partial charge in [0, 0.05) is 18.0 Å². The van der Waals surface area contributed by atoms with Crippen LogP contribution in [0.3, 0.4) is 0 Å². The van der Waals surface area contributed by atoms with Crippen LogP contribution in [0.5, 0.6) is 0 Å². The molecule has 1 saturated carbocycles. The molecule has 0 aromatic carbocycles. The van der Waals surface area contributed by atoms with Crippen molar-refractivity contribution in [3.63, 3.8) is 0 Å². The number of sulfonamides is 1. The van der Waals surface area contributed by atoms with Crippen LogP contribution in [0.15, 0.2) is 0 Å². The third-order valence-electron chi connectivity index (χ3n) is 3.32. The third kappa shape index (κ3) is 3.69. The summed E-state index contributed by atoms with van der Waals surface area (Å²) in [5.41, 5.74) is -0.0652. The highest BCUT2D eigenvalue weighted by atomic mass is 32.2. The number of aliphatic hydroxyl groups excluding tert-OH is 1. The molecule has 0 amide bonds. The van der Waals surface area contributed by atoms with Crippen LogP contribution in [-0.4, -0.2) is 45.0 Å². The Morgan fingerprint density at radius 3 is 2.44 bits per heavy atom. The zero-order valence-corrected chi connectivity index (χ0v) is 11.0. The second-order valence-electron chi connectivity index (χ2n) is 5.10. The van der Waals surface area contributed by atoms with E-state index >= 15 is 0 Å². The molecule has 96 valence electrons. The van der Waals surface area contributed by atoms with Crippen molar-refractivity contribution in [3.8, 4) is 0 Å². The number of rotatable bonds is 6. The normalized spacial score (nSPS) is 28.8. The van der Waals surface area contributed by atoms with Gasteiger partial charge < -0.3 is 10.4 Å². The van der Waals surface area contributed by atoms with E-state index in [-0.39, 0.29) is 11.5 Å². The lowest BCUT2D eigenvalue weighted by Crippen LogP contribution is -2.60. The second-order valence-corrected chi connectivity index (χ2v) is 6.93. The molecule has 1 fully saturated rings. The van der Waals surface area contributed by atoms with Gasteiger partial charge in [-0.2, -0.15) is 0 Å². The van der Waals surface area contributed by atoms with Gasteiger partial charge in [-0.15, -0.1) is 0 Å². The molecular formula is C10H22N2O3S. The van der Waals surface area contributed by atoms with Gasteiger partial charge in [0.25, 0.3) is 0 Å². The first-order valence-corrected chi connectivity index (χ1v) is 7.48. The maximum absolute atomic E-state index is 10.8. The molecular weight excluding hydrogens is 228 g/mol.